The van der Waals surface area contributed by atoms with Gasteiger partial charge in [-0.2, -0.15) is 0 Å². The van der Waals surface area contributed by atoms with E-state index in [4.69, 9.17) is 21.1 Å². The highest BCUT2D eigenvalue weighted by Crippen LogP contribution is 2.29. The van der Waals surface area contributed by atoms with Crippen molar-refractivity contribution < 1.29 is 19.1 Å². The average Bonchev–Trinajstić information content (AvgIpc) is 2.80. The first kappa shape index (κ1) is 24.5. The number of carbonyl (C=O) groups is 2. The zero-order valence-corrected chi connectivity index (χ0v) is 20.1. The van der Waals surface area contributed by atoms with Gasteiger partial charge in [0.1, 0.15) is 11.5 Å². The summed E-state index contributed by atoms with van der Waals surface area (Å²) in [4.78, 5) is 26.0. The molecule has 3 rings (SSSR count). The second kappa shape index (κ2) is 11.6. The van der Waals surface area contributed by atoms with Crippen LogP contribution in [0.5, 0.6) is 11.5 Å². The summed E-state index contributed by atoms with van der Waals surface area (Å²) in [6, 6.07) is 19.8. The summed E-state index contributed by atoms with van der Waals surface area (Å²) < 4.78 is 10.5. The molecule has 0 radical (unpaired) electrons. The largest absolute Gasteiger partial charge is 0.497 e. The molecule has 0 aromatic heterocycles. The van der Waals surface area contributed by atoms with Gasteiger partial charge in [-0.05, 0) is 42.8 Å². The number of ether oxygens (including phenoxy) is 2. The monoisotopic (exact) mass is 484 g/mol. The maximum absolute atomic E-state index is 12.7. The molecule has 0 heterocycles. The fraction of sp³-hybridized carbons (Fsp3) is 0.200. The Balaban J connectivity index is 1.59. The lowest BCUT2D eigenvalue weighted by atomic mass is 10.1. The van der Waals surface area contributed by atoms with E-state index in [1.807, 2.05) is 43.3 Å². The molecule has 172 valence electrons. The number of rotatable bonds is 9. The van der Waals surface area contributed by atoms with Crippen molar-refractivity contribution in [1.29, 1.82) is 0 Å². The molecule has 0 aliphatic carbocycles. The highest BCUT2D eigenvalue weighted by atomic mass is 35.5. The zero-order valence-electron chi connectivity index (χ0n) is 18.6. The fourth-order valence-electron chi connectivity index (χ4n) is 3.02. The van der Waals surface area contributed by atoms with Gasteiger partial charge in [0.15, 0.2) is 0 Å². The van der Waals surface area contributed by atoms with Crippen molar-refractivity contribution in [3.8, 4) is 11.5 Å². The van der Waals surface area contributed by atoms with E-state index in [1.165, 1.54) is 11.8 Å². The molecular weight excluding hydrogens is 460 g/mol. The highest BCUT2D eigenvalue weighted by Gasteiger charge is 2.16. The normalized spacial score (nSPS) is 11.4. The lowest BCUT2D eigenvalue weighted by Gasteiger charge is -2.14. The molecule has 33 heavy (non-hydrogen) atoms. The number of benzene rings is 3. The quantitative estimate of drug-likeness (QED) is 0.383. The number of nitrogens with one attached hydrogen (secondary N) is 2. The summed E-state index contributed by atoms with van der Waals surface area (Å²) in [6.45, 7) is 1.82. The first-order chi connectivity index (χ1) is 15.9. The zero-order chi connectivity index (χ0) is 23.8. The van der Waals surface area contributed by atoms with Crippen LogP contribution in [0.1, 0.15) is 12.5 Å². The minimum absolute atomic E-state index is 0.128. The van der Waals surface area contributed by atoms with Crippen molar-refractivity contribution in [3.63, 3.8) is 0 Å². The molecule has 0 aliphatic heterocycles. The summed E-state index contributed by atoms with van der Waals surface area (Å²) in [5.74, 6) is 0.892. The summed E-state index contributed by atoms with van der Waals surface area (Å²) in [5.41, 5.74) is 2.14. The van der Waals surface area contributed by atoms with Crippen LogP contribution in [0.3, 0.4) is 0 Å². The van der Waals surface area contributed by atoms with Crippen molar-refractivity contribution in [1.82, 2.24) is 0 Å². The van der Waals surface area contributed by atoms with Gasteiger partial charge in [0, 0.05) is 39.5 Å². The Kier molecular flexibility index (Phi) is 8.63. The predicted molar refractivity (Wildman–Crippen MR) is 134 cm³/mol. The van der Waals surface area contributed by atoms with Crippen molar-refractivity contribution in [2.45, 2.75) is 23.5 Å². The molecule has 3 aromatic rings. The smallest absolute Gasteiger partial charge is 0.237 e. The highest BCUT2D eigenvalue weighted by molar-refractivity contribution is 8.00. The van der Waals surface area contributed by atoms with Crippen molar-refractivity contribution in [2.24, 2.45) is 0 Å². The van der Waals surface area contributed by atoms with Gasteiger partial charge in [0.2, 0.25) is 11.8 Å². The lowest BCUT2D eigenvalue weighted by molar-refractivity contribution is -0.116. The van der Waals surface area contributed by atoms with Crippen LogP contribution in [-0.4, -0.2) is 31.3 Å². The Morgan fingerprint density at radius 2 is 1.58 bits per heavy atom. The number of hydrogen-bond donors (Lipinski definition) is 2. The summed E-state index contributed by atoms with van der Waals surface area (Å²) in [5, 5.41) is 6.05. The Morgan fingerprint density at radius 3 is 2.21 bits per heavy atom. The van der Waals surface area contributed by atoms with Gasteiger partial charge < -0.3 is 20.1 Å². The number of carbonyl (C=O) groups excluding carboxylic acids is 2. The molecule has 2 amide bonds. The first-order valence-electron chi connectivity index (χ1n) is 10.2. The van der Waals surface area contributed by atoms with E-state index in [2.05, 4.69) is 10.6 Å². The SMILES string of the molecule is COc1cc(NC(=O)C(C)Sc2cccc(NC(=O)Cc3ccc(Cl)cc3)c2)cc(OC)c1. The fourth-order valence-corrected chi connectivity index (χ4v) is 4.07. The lowest BCUT2D eigenvalue weighted by Crippen LogP contribution is -2.22. The van der Waals surface area contributed by atoms with Crippen molar-refractivity contribution in [2.75, 3.05) is 24.9 Å². The van der Waals surface area contributed by atoms with Gasteiger partial charge in [-0.3, -0.25) is 9.59 Å². The molecule has 6 nitrogen and oxygen atoms in total. The van der Waals surface area contributed by atoms with Crippen LogP contribution in [0, 0.1) is 0 Å². The van der Waals surface area contributed by atoms with E-state index in [1.54, 1.807) is 44.6 Å². The summed E-state index contributed by atoms with van der Waals surface area (Å²) in [6.07, 6.45) is 0.247. The van der Waals surface area contributed by atoms with E-state index >= 15 is 0 Å². The van der Waals surface area contributed by atoms with Gasteiger partial charge in [0.25, 0.3) is 0 Å². The molecule has 8 heteroatoms. The molecule has 0 fully saturated rings. The molecule has 0 bridgehead atoms. The van der Waals surface area contributed by atoms with Gasteiger partial charge in [-0.1, -0.05) is 29.8 Å². The van der Waals surface area contributed by atoms with Gasteiger partial charge in [-0.25, -0.2) is 0 Å². The molecule has 2 N–H and O–H groups in total. The van der Waals surface area contributed by atoms with Crippen LogP contribution in [0.4, 0.5) is 11.4 Å². The first-order valence-corrected chi connectivity index (χ1v) is 11.5. The molecular formula is C25H25ClN2O4S. The maximum atomic E-state index is 12.7. The molecule has 3 aromatic carbocycles. The van der Waals surface area contributed by atoms with E-state index < -0.39 is 0 Å². The van der Waals surface area contributed by atoms with Crippen molar-refractivity contribution >= 4 is 46.6 Å². The van der Waals surface area contributed by atoms with Crippen LogP contribution in [-0.2, 0) is 16.0 Å². The number of halogens is 1. The number of methoxy groups -OCH3 is 2. The number of hydrogen-bond acceptors (Lipinski definition) is 5. The molecule has 0 saturated carbocycles. The molecule has 0 spiro atoms. The van der Waals surface area contributed by atoms with Gasteiger partial charge in [0.05, 0.1) is 25.9 Å². The van der Waals surface area contributed by atoms with Crippen molar-refractivity contribution in [3.05, 3.63) is 77.3 Å². The third-order valence-electron chi connectivity index (χ3n) is 4.70. The van der Waals surface area contributed by atoms with Crippen LogP contribution in [0.15, 0.2) is 71.6 Å². The Bertz CT molecular complexity index is 1100. The maximum Gasteiger partial charge on any atom is 0.237 e. The van der Waals surface area contributed by atoms with Crippen LogP contribution < -0.4 is 20.1 Å². The molecule has 0 aliphatic rings. The minimum Gasteiger partial charge on any atom is -0.497 e. The Morgan fingerprint density at radius 1 is 0.909 bits per heavy atom. The van der Waals surface area contributed by atoms with E-state index in [9.17, 15) is 9.59 Å². The molecule has 1 atom stereocenters. The number of thioether (sulfide) groups is 1. The second-order valence-electron chi connectivity index (χ2n) is 7.23. The van der Waals surface area contributed by atoms with Gasteiger partial charge >= 0.3 is 0 Å². The van der Waals surface area contributed by atoms with Crippen LogP contribution in [0.25, 0.3) is 0 Å². The standard InChI is InChI=1S/C25H25ClN2O4S/c1-16(25(30)28-20-12-21(31-2)15-22(13-20)32-3)33-23-6-4-5-19(14-23)27-24(29)11-17-7-9-18(26)10-8-17/h4-10,12-16H,11H2,1-3H3,(H,27,29)(H,28,30). The minimum atomic E-state index is -0.373. The van der Waals surface area contributed by atoms with E-state index in [-0.39, 0.29) is 23.5 Å². The summed E-state index contributed by atoms with van der Waals surface area (Å²) >= 11 is 7.29. The van der Waals surface area contributed by atoms with E-state index in [0.717, 1.165) is 10.5 Å². The predicted octanol–water partition coefficient (Wildman–Crippen LogP) is 5.66. The second-order valence-corrected chi connectivity index (χ2v) is 9.08. The molecule has 0 saturated heterocycles. The van der Waals surface area contributed by atoms with Gasteiger partial charge in [-0.15, -0.1) is 11.8 Å². The third-order valence-corrected chi connectivity index (χ3v) is 6.04. The Hall–Kier alpha value is -3.16. The van der Waals surface area contributed by atoms with Crippen LogP contribution in [0.2, 0.25) is 5.02 Å². The number of amides is 2. The number of anilines is 2. The van der Waals surface area contributed by atoms with E-state index in [0.29, 0.717) is 27.9 Å². The average molecular weight is 485 g/mol. The topological polar surface area (TPSA) is 76.7 Å². The summed E-state index contributed by atoms with van der Waals surface area (Å²) in [7, 11) is 3.11. The third kappa shape index (κ3) is 7.44. The molecule has 1 unspecified atom stereocenters. The Labute approximate surface area is 202 Å². The van der Waals surface area contributed by atoms with Crippen LogP contribution >= 0.6 is 23.4 Å².